The number of unbranched alkanes of at least 4 members (excludes halogenated alkanes) is 3. The third-order valence-electron chi connectivity index (χ3n) is 4.45. The first-order valence-corrected chi connectivity index (χ1v) is 10.7. The van der Waals surface area contributed by atoms with Crippen molar-refractivity contribution in [3.8, 4) is 5.75 Å². The second kappa shape index (κ2) is 13.1. The standard InChI is InChI=1S/C23H27N3O5S/c1-3-4-5-6-14-31-19-12-10-16(11-13-19)21(28)25-26-23(32)24-20(27)17-8-7-9-18(15-17)22(29)30-2/h7-13,15H,3-6,14H2,1-2H3,(H,25,28)(H2,24,26,27,32). The van der Waals surface area contributed by atoms with Gasteiger partial charge in [0.25, 0.3) is 11.8 Å². The van der Waals surface area contributed by atoms with E-state index in [1.165, 1.54) is 38.2 Å². The first-order valence-electron chi connectivity index (χ1n) is 10.3. The molecule has 2 rings (SSSR count). The highest BCUT2D eigenvalue weighted by atomic mass is 32.1. The Hall–Kier alpha value is -3.46. The van der Waals surface area contributed by atoms with Crippen LogP contribution >= 0.6 is 12.2 Å². The van der Waals surface area contributed by atoms with E-state index >= 15 is 0 Å². The lowest BCUT2D eigenvalue weighted by atomic mass is 10.1. The van der Waals surface area contributed by atoms with Crippen LogP contribution in [0.2, 0.25) is 0 Å². The lowest BCUT2D eigenvalue weighted by molar-refractivity contribution is 0.0600. The number of carbonyl (C=O) groups excluding carboxylic acids is 3. The van der Waals surface area contributed by atoms with Crippen LogP contribution < -0.4 is 20.9 Å². The monoisotopic (exact) mass is 457 g/mol. The Morgan fingerprint density at radius 2 is 1.59 bits per heavy atom. The summed E-state index contributed by atoms with van der Waals surface area (Å²) >= 11 is 5.04. The Bertz CT molecular complexity index is 947. The Labute approximate surface area is 192 Å². The summed E-state index contributed by atoms with van der Waals surface area (Å²) in [6.07, 6.45) is 4.50. The van der Waals surface area contributed by atoms with Crippen LogP contribution in [-0.4, -0.2) is 36.6 Å². The molecule has 2 amide bonds. The molecule has 0 saturated carbocycles. The van der Waals surface area contributed by atoms with Crippen molar-refractivity contribution in [3.05, 3.63) is 65.2 Å². The van der Waals surface area contributed by atoms with Crippen LogP contribution in [0.5, 0.6) is 5.75 Å². The number of benzene rings is 2. The lowest BCUT2D eigenvalue weighted by Crippen LogP contribution is -2.48. The third-order valence-corrected chi connectivity index (χ3v) is 4.65. The third kappa shape index (κ3) is 7.99. The Balaban J connectivity index is 1.79. The molecule has 2 aromatic carbocycles. The number of methoxy groups -OCH3 is 1. The van der Waals surface area contributed by atoms with E-state index in [0.29, 0.717) is 17.9 Å². The van der Waals surface area contributed by atoms with Crippen LogP contribution in [-0.2, 0) is 4.74 Å². The number of amides is 2. The fourth-order valence-electron chi connectivity index (χ4n) is 2.72. The topological polar surface area (TPSA) is 106 Å². The van der Waals surface area contributed by atoms with Crippen LogP contribution in [0.3, 0.4) is 0 Å². The summed E-state index contributed by atoms with van der Waals surface area (Å²) < 4.78 is 10.3. The maximum atomic E-state index is 12.3. The molecular formula is C23H27N3O5S. The summed E-state index contributed by atoms with van der Waals surface area (Å²) in [4.78, 5) is 36.1. The maximum absolute atomic E-state index is 12.3. The molecule has 0 saturated heterocycles. The van der Waals surface area contributed by atoms with Gasteiger partial charge in [-0.2, -0.15) is 0 Å². The van der Waals surface area contributed by atoms with E-state index in [1.54, 1.807) is 30.3 Å². The smallest absolute Gasteiger partial charge is 0.337 e. The van der Waals surface area contributed by atoms with Gasteiger partial charge >= 0.3 is 5.97 Å². The predicted molar refractivity (Wildman–Crippen MR) is 125 cm³/mol. The fourth-order valence-corrected chi connectivity index (χ4v) is 2.86. The Kier molecular flexibility index (Phi) is 10.1. The van der Waals surface area contributed by atoms with Gasteiger partial charge in [0.1, 0.15) is 5.75 Å². The van der Waals surface area contributed by atoms with E-state index < -0.39 is 17.8 Å². The number of carbonyl (C=O) groups is 3. The number of rotatable bonds is 9. The lowest BCUT2D eigenvalue weighted by Gasteiger charge is -2.11. The second-order valence-corrected chi connectivity index (χ2v) is 7.28. The van der Waals surface area contributed by atoms with Crippen LogP contribution in [0.15, 0.2) is 48.5 Å². The van der Waals surface area contributed by atoms with Crippen molar-refractivity contribution in [1.29, 1.82) is 0 Å². The molecule has 0 spiro atoms. The second-order valence-electron chi connectivity index (χ2n) is 6.87. The van der Waals surface area contributed by atoms with Gasteiger partial charge in [-0.15, -0.1) is 0 Å². The minimum absolute atomic E-state index is 0.0983. The molecule has 32 heavy (non-hydrogen) atoms. The SMILES string of the molecule is CCCCCCOc1ccc(C(=O)NNC(=S)NC(=O)c2cccc(C(=O)OC)c2)cc1. The molecule has 170 valence electrons. The van der Waals surface area contributed by atoms with Crippen molar-refractivity contribution in [2.24, 2.45) is 0 Å². The van der Waals surface area contributed by atoms with Crippen molar-refractivity contribution in [1.82, 2.24) is 16.2 Å². The largest absolute Gasteiger partial charge is 0.494 e. The zero-order valence-corrected chi connectivity index (χ0v) is 18.9. The van der Waals surface area contributed by atoms with E-state index in [9.17, 15) is 14.4 Å². The van der Waals surface area contributed by atoms with Gasteiger partial charge in [0.15, 0.2) is 5.11 Å². The normalized spacial score (nSPS) is 10.1. The van der Waals surface area contributed by atoms with E-state index in [-0.39, 0.29) is 16.2 Å². The van der Waals surface area contributed by atoms with E-state index in [1.807, 2.05) is 0 Å². The molecule has 0 heterocycles. The van der Waals surface area contributed by atoms with Gasteiger partial charge in [-0.05, 0) is 61.1 Å². The number of esters is 1. The average molecular weight is 458 g/mol. The molecule has 0 fully saturated rings. The molecule has 0 aliphatic rings. The van der Waals surface area contributed by atoms with Gasteiger partial charge in [-0.1, -0.05) is 32.3 Å². The van der Waals surface area contributed by atoms with Gasteiger partial charge in [-0.3, -0.25) is 25.8 Å². The zero-order chi connectivity index (χ0) is 23.3. The summed E-state index contributed by atoms with van der Waals surface area (Å²) in [5, 5.41) is 2.33. The molecule has 2 aromatic rings. The highest BCUT2D eigenvalue weighted by molar-refractivity contribution is 7.80. The van der Waals surface area contributed by atoms with Crippen LogP contribution in [0.4, 0.5) is 0 Å². The van der Waals surface area contributed by atoms with Crippen LogP contribution in [0.25, 0.3) is 0 Å². The molecule has 3 N–H and O–H groups in total. The van der Waals surface area contributed by atoms with E-state index in [0.717, 1.165) is 12.8 Å². The van der Waals surface area contributed by atoms with Crippen molar-refractivity contribution in [2.45, 2.75) is 32.6 Å². The highest BCUT2D eigenvalue weighted by Gasteiger charge is 2.12. The molecule has 0 atom stereocenters. The molecule has 0 aromatic heterocycles. The summed E-state index contributed by atoms with van der Waals surface area (Å²) in [6, 6.07) is 12.7. The minimum Gasteiger partial charge on any atom is -0.494 e. The van der Waals surface area contributed by atoms with Gasteiger partial charge in [-0.25, -0.2) is 4.79 Å². The van der Waals surface area contributed by atoms with Crippen molar-refractivity contribution in [3.63, 3.8) is 0 Å². The fraction of sp³-hybridized carbons (Fsp3) is 0.304. The first-order chi connectivity index (χ1) is 15.4. The molecular weight excluding hydrogens is 430 g/mol. The van der Waals surface area contributed by atoms with Gasteiger partial charge in [0.05, 0.1) is 19.3 Å². The molecule has 8 nitrogen and oxygen atoms in total. The highest BCUT2D eigenvalue weighted by Crippen LogP contribution is 2.13. The van der Waals surface area contributed by atoms with Gasteiger partial charge in [0, 0.05) is 11.1 Å². The molecule has 0 aliphatic heterocycles. The number of ether oxygens (including phenoxy) is 2. The first kappa shape index (κ1) is 24.8. The molecule has 0 radical (unpaired) electrons. The number of hydrazine groups is 1. The van der Waals surface area contributed by atoms with Crippen LogP contribution in [0.1, 0.15) is 63.7 Å². The number of hydrogen-bond acceptors (Lipinski definition) is 6. The average Bonchev–Trinajstić information content (AvgIpc) is 2.82. The molecule has 0 aliphatic carbocycles. The Morgan fingerprint density at radius 1 is 0.875 bits per heavy atom. The number of thiocarbonyl (C=S) groups is 1. The molecule has 9 heteroatoms. The van der Waals surface area contributed by atoms with E-state index in [4.69, 9.17) is 17.0 Å². The van der Waals surface area contributed by atoms with Crippen molar-refractivity contribution in [2.75, 3.05) is 13.7 Å². The predicted octanol–water partition coefficient (Wildman–Crippen LogP) is 3.38. The Morgan fingerprint density at radius 3 is 2.28 bits per heavy atom. The molecule has 0 bridgehead atoms. The minimum atomic E-state index is -0.555. The number of nitrogens with one attached hydrogen (secondary N) is 3. The van der Waals surface area contributed by atoms with E-state index in [2.05, 4.69) is 27.8 Å². The quantitative estimate of drug-likeness (QED) is 0.229. The summed E-state index contributed by atoms with van der Waals surface area (Å²) in [5.74, 6) is -0.824. The number of hydrogen-bond donors (Lipinski definition) is 3. The summed E-state index contributed by atoms with van der Waals surface area (Å²) in [6.45, 7) is 2.80. The maximum Gasteiger partial charge on any atom is 0.337 e. The van der Waals surface area contributed by atoms with Crippen molar-refractivity contribution >= 4 is 35.1 Å². The molecule has 0 unspecified atom stereocenters. The summed E-state index contributed by atoms with van der Waals surface area (Å²) in [7, 11) is 1.26. The van der Waals surface area contributed by atoms with Crippen molar-refractivity contribution < 1.29 is 23.9 Å². The van der Waals surface area contributed by atoms with Gasteiger partial charge < -0.3 is 9.47 Å². The zero-order valence-electron chi connectivity index (χ0n) is 18.1. The summed E-state index contributed by atoms with van der Waals surface area (Å²) in [5.41, 5.74) is 5.75. The van der Waals surface area contributed by atoms with Gasteiger partial charge in [0.2, 0.25) is 0 Å². The van der Waals surface area contributed by atoms with Crippen LogP contribution in [0, 0.1) is 0 Å².